The van der Waals surface area contributed by atoms with Gasteiger partial charge in [-0.25, -0.2) is 0 Å². The average molecular weight is 360 g/mol. The van der Waals surface area contributed by atoms with Crippen molar-refractivity contribution >= 4 is 17.6 Å². The van der Waals surface area contributed by atoms with Crippen LogP contribution in [0, 0.1) is 5.92 Å². The summed E-state index contributed by atoms with van der Waals surface area (Å²) in [5, 5.41) is 5.69. The summed E-state index contributed by atoms with van der Waals surface area (Å²) < 4.78 is 5.37. The van der Waals surface area contributed by atoms with E-state index in [2.05, 4.69) is 10.6 Å². The molecule has 0 bridgehead atoms. The van der Waals surface area contributed by atoms with Crippen molar-refractivity contribution in [1.29, 1.82) is 0 Å². The van der Waals surface area contributed by atoms with Gasteiger partial charge in [-0.15, -0.1) is 0 Å². The zero-order chi connectivity index (χ0) is 18.9. The van der Waals surface area contributed by atoms with Crippen molar-refractivity contribution in [2.24, 2.45) is 5.92 Å². The molecule has 142 valence electrons. The molecule has 6 nitrogen and oxygen atoms in total. The Morgan fingerprint density at radius 1 is 1.27 bits per heavy atom. The molecule has 0 spiro atoms. The largest absolute Gasteiger partial charge is 0.368 e. The number of ketones is 1. The molecule has 2 rings (SSSR count). The summed E-state index contributed by atoms with van der Waals surface area (Å²) in [4.78, 5) is 35.9. The topological polar surface area (TPSA) is 84.5 Å². The number of nitrogens with one attached hydrogen (secondary N) is 2. The van der Waals surface area contributed by atoms with Crippen LogP contribution in [0.15, 0.2) is 30.3 Å². The zero-order valence-electron chi connectivity index (χ0n) is 15.5. The van der Waals surface area contributed by atoms with Crippen LogP contribution in [0.3, 0.4) is 0 Å². The van der Waals surface area contributed by atoms with Gasteiger partial charge in [0.1, 0.15) is 12.6 Å². The van der Waals surface area contributed by atoms with Crippen molar-refractivity contribution in [1.82, 2.24) is 10.6 Å². The lowest BCUT2D eigenvalue weighted by atomic mass is 10.00. The number of ether oxygens (including phenoxy) is 1. The summed E-state index contributed by atoms with van der Waals surface area (Å²) in [6, 6.07) is 8.58. The Hall–Kier alpha value is -2.21. The van der Waals surface area contributed by atoms with Crippen molar-refractivity contribution in [3.05, 3.63) is 35.9 Å². The number of carbonyl (C=O) groups is 3. The summed E-state index contributed by atoms with van der Waals surface area (Å²) in [5.41, 5.74) is 0.647. The molecule has 0 aromatic heterocycles. The van der Waals surface area contributed by atoms with Crippen LogP contribution in [0.25, 0.3) is 0 Å². The number of rotatable bonds is 9. The number of amides is 2. The Kier molecular flexibility index (Phi) is 7.78. The van der Waals surface area contributed by atoms with Crippen molar-refractivity contribution in [2.45, 2.75) is 51.7 Å². The molecular weight excluding hydrogens is 332 g/mol. The van der Waals surface area contributed by atoms with Crippen molar-refractivity contribution in [2.75, 3.05) is 13.2 Å². The predicted octanol–water partition coefficient (Wildman–Crippen LogP) is 2.09. The molecule has 3 atom stereocenters. The fourth-order valence-electron chi connectivity index (χ4n) is 3.10. The van der Waals surface area contributed by atoms with Gasteiger partial charge in [0.05, 0.1) is 6.10 Å². The minimum absolute atomic E-state index is 0.0542. The maximum atomic E-state index is 12.2. The lowest BCUT2D eigenvalue weighted by Crippen LogP contribution is -2.44. The third-order valence-corrected chi connectivity index (χ3v) is 4.61. The molecule has 2 amide bonds. The van der Waals surface area contributed by atoms with Crippen molar-refractivity contribution in [3.63, 3.8) is 0 Å². The summed E-state index contributed by atoms with van der Waals surface area (Å²) in [5.74, 6) is -0.0722. The Bertz CT molecular complexity index is 617. The summed E-state index contributed by atoms with van der Waals surface area (Å²) in [6.45, 7) is 4.60. The zero-order valence-corrected chi connectivity index (χ0v) is 15.5. The number of hydrogen-bond donors (Lipinski definition) is 2. The highest BCUT2D eigenvalue weighted by Gasteiger charge is 2.35. The van der Waals surface area contributed by atoms with Gasteiger partial charge in [0.2, 0.25) is 5.91 Å². The molecule has 1 heterocycles. The molecule has 1 aliphatic heterocycles. The van der Waals surface area contributed by atoms with Gasteiger partial charge in [-0.2, -0.15) is 0 Å². The lowest BCUT2D eigenvalue weighted by Gasteiger charge is -2.18. The SMILES string of the molecule is CCC1OCC(=O)C1NC(=O)CC(C)CCCNC(=O)c1ccccc1. The highest BCUT2D eigenvalue weighted by atomic mass is 16.5. The first-order chi connectivity index (χ1) is 12.5. The van der Waals surface area contributed by atoms with E-state index < -0.39 is 6.04 Å². The summed E-state index contributed by atoms with van der Waals surface area (Å²) >= 11 is 0. The van der Waals surface area contributed by atoms with Crippen LogP contribution in [0.1, 0.15) is 49.9 Å². The molecule has 1 fully saturated rings. The van der Waals surface area contributed by atoms with E-state index >= 15 is 0 Å². The molecule has 6 heteroatoms. The van der Waals surface area contributed by atoms with E-state index in [-0.39, 0.29) is 36.2 Å². The second-order valence-electron chi connectivity index (χ2n) is 6.84. The van der Waals surface area contributed by atoms with Crippen LogP contribution < -0.4 is 10.6 Å². The van der Waals surface area contributed by atoms with E-state index in [1.165, 1.54) is 0 Å². The maximum absolute atomic E-state index is 12.2. The summed E-state index contributed by atoms with van der Waals surface area (Å²) in [7, 11) is 0. The Morgan fingerprint density at radius 2 is 2.00 bits per heavy atom. The first-order valence-electron chi connectivity index (χ1n) is 9.28. The molecule has 26 heavy (non-hydrogen) atoms. The molecule has 1 aromatic rings. The van der Waals surface area contributed by atoms with E-state index in [0.29, 0.717) is 24.9 Å². The van der Waals surface area contributed by atoms with Gasteiger partial charge < -0.3 is 15.4 Å². The normalized spacial score (nSPS) is 20.6. The molecule has 0 radical (unpaired) electrons. The smallest absolute Gasteiger partial charge is 0.251 e. The van der Waals surface area contributed by atoms with Gasteiger partial charge in [-0.1, -0.05) is 32.0 Å². The fraction of sp³-hybridized carbons (Fsp3) is 0.550. The standard InChI is InChI=1S/C20H28N2O4/c1-3-17-19(16(23)13-26-17)22-18(24)12-14(2)8-7-11-21-20(25)15-9-5-4-6-10-15/h4-6,9-10,14,17,19H,3,7-8,11-13H2,1-2H3,(H,21,25)(H,22,24). The molecule has 1 saturated heterocycles. The number of benzene rings is 1. The number of carbonyl (C=O) groups excluding carboxylic acids is 3. The van der Waals surface area contributed by atoms with Gasteiger partial charge in [-0.05, 0) is 37.3 Å². The number of Topliss-reactive ketones (excluding diaryl/α,β-unsaturated/α-hetero) is 1. The molecule has 1 aromatic carbocycles. The molecule has 0 saturated carbocycles. The van der Waals surface area contributed by atoms with Crippen LogP contribution in [-0.2, 0) is 14.3 Å². The van der Waals surface area contributed by atoms with Gasteiger partial charge in [-0.3, -0.25) is 14.4 Å². The first kappa shape index (κ1) is 20.1. The maximum Gasteiger partial charge on any atom is 0.251 e. The Balaban J connectivity index is 1.64. The van der Waals surface area contributed by atoms with Crippen LogP contribution in [0.2, 0.25) is 0 Å². The van der Waals surface area contributed by atoms with Crippen molar-refractivity contribution in [3.8, 4) is 0 Å². The fourth-order valence-corrected chi connectivity index (χ4v) is 3.10. The van der Waals surface area contributed by atoms with Gasteiger partial charge in [0.25, 0.3) is 5.91 Å². The number of hydrogen-bond acceptors (Lipinski definition) is 4. The minimum atomic E-state index is -0.509. The van der Waals surface area contributed by atoms with E-state index in [1.54, 1.807) is 12.1 Å². The molecule has 2 N–H and O–H groups in total. The van der Waals surface area contributed by atoms with Gasteiger partial charge in [0, 0.05) is 18.5 Å². The Morgan fingerprint density at radius 3 is 2.69 bits per heavy atom. The van der Waals surface area contributed by atoms with Crippen LogP contribution in [-0.4, -0.2) is 42.9 Å². The second-order valence-corrected chi connectivity index (χ2v) is 6.84. The molecule has 0 aliphatic carbocycles. The highest BCUT2D eigenvalue weighted by Crippen LogP contribution is 2.15. The monoisotopic (exact) mass is 360 g/mol. The average Bonchev–Trinajstić information content (AvgIpc) is 2.99. The van der Waals surface area contributed by atoms with Crippen LogP contribution >= 0.6 is 0 Å². The lowest BCUT2D eigenvalue weighted by molar-refractivity contribution is -0.127. The van der Waals surface area contributed by atoms with Crippen LogP contribution in [0.4, 0.5) is 0 Å². The third-order valence-electron chi connectivity index (χ3n) is 4.61. The third kappa shape index (κ3) is 5.95. The van der Waals surface area contributed by atoms with Crippen LogP contribution in [0.5, 0.6) is 0 Å². The molecular formula is C20H28N2O4. The summed E-state index contributed by atoms with van der Waals surface area (Å²) in [6.07, 6.45) is 2.49. The molecule has 1 aliphatic rings. The second kappa shape index (κ2) is 10.1. The van der Waals surface area contributed by atoms with Crippen molar-refractivity contribution < 1.29 is 19.1 Å². The highest BCUT2D eigenvalue weighted by molar-refractivity contribution is 5.94. The van der Waals surface area contributed by atoms with Gasteiger partial charge >= 0.3 is 0 Å². The van der Waals surface area contributed by atoms with E-state index in [4.69, 9.17) is 4.74 Å². The predicted molar refractivity (Wildman–Crippen MR) is 98.8 cm³/mol. The van der Waals surface area contributed by atoms with E-state index in [1.807, 2.05) is 32.0 Å². The van der Waals surface area contributed by atoms with Gasteiger partial charge in [0.15, 0.2) is 5.78 Å². The molecule has 3 unspecified atom stereocenters. The first-order valence-corrected chi connectivity index (χ1v) is 9.28. The minimum Gasteiger partial charge on any atom is -0.368 e. The van der Waals surface area contributed by atoms with E-state index in [0.717, 1.165) is 12.8 Å². The van der Waals surface area contributed by atoms with E-state index in [9.17, 15) is 14.4 Å². The Labute approximate surface area is 154 Å². The quantitative estimate of drug-likeness (QED) is 0.661.